The minimum absolute atomic E-state index is 0.213. The van der Waals surface area contributed by atoms with Crippen LogP contribution in [0.25, 0.3) is 0 Å². The molecule has 17 heavy (non-hydrogen) atoms. The van der Waals surface area contributed by atoms with Gasteiger partial charge in [-0.25, -0.2) is 0 Å². The number of benzene rings is 1. The van der Waals surface area contributed by atoms with Gasteiger partial charge in [-0.05, 0) is 37.1 Å². The zero-order valence-electron chi connectivity index (χ0n) is 9.79. The maximum Gasteiger partial charge on any atom is 0.251 e. The first-order valence-corrected chi connectivity index (χ1v) is 6.10. The third kappa shape index (κ3) is 3.98. The normalized spacial score (nSPS) is 11.9. The van der Waals surface area contributed by atoms with Crippen LogP contribution in [0.4, 0.5) is 0 Å². The van der Waals surface area contributed by atoms with Crippen molar-refractivity contribution < 1.29 is 4.79 Å². The molecule has 0 aliphatic heterocycles. The molecule has 1 aromatic rings. The Bertz CT molecular complexity index is 428. The summed E-state index contributed by atoms with van der Waals surface area (Å²) in [6, 6.07) is 4.91. The van der Waals surface area contributed by atoms with E-state index in [2.05, 4.69) is 5.32 Å². The third-order valence-electron chi connectivity index (χ3n) is 2.36. The molecule has 3 N–H and O–H groups in total. The molecule has 0 heterocycles. The minimum Gasteiger partial charge on any atom is -0.392 e. The molecule has 0 bridgehead atoms. The van der Waals surface area contributed by atoms with Crippen molar-refractivity contribution in [3.8, 4) is 0 Å². The predicted molar refractivity (Wildman–Crippen MR) is 74.5 cm³/mol. The molecule has 0 radical (unpaired) electrons. The van der Waals surface area contributed by atoms with Gasteiger partial charge in [0.25, 0.3) is 5.91 Å². The molecule has 0 aliphatic carbocycles. The first-order chi connectivity index (χ1) is 7.93. The number of halogens is 1. The van der Waals surface area contributed by atoms with Gasteiger partial charge in [0, 0.05) is 10.6 Å². The van der Waals surface area contributed by atoms with Crippen LogP contribution in [0.1, 0.15) is 29.3 Å². The molecule has 0 spiro atoms. The van der Waals surface area contributed by atoms with Gasteiger partial charge in [0.15, 0.2) is 0 Å². The molecule has 0 aromatic heterocycles. The predicted octanol–water partition coefficient (Wildman–Crippen LogP) is 2.44. The van der Waals surface area contributed by atoms with Crippen molar-refractivity contribution in [2.45, 2.75) is 26.3 Å². The van der Waals surface area contributed by atoms with E-state index in [-0.39, 0.29) is 11.9 Å². The molecule has 0 saturated heterocycles. The summed E-state index contributed by atoms with van der Waals surface area (Å²) >= 11 is 10.8. The summed E-state index contributed by atoms with van der Waals surface area (Å²) in [7, 11) is 0. The van der Waals surface area contributed by atoms with Crippen LogP contribution in [0.3, 0.4) is 0 Å². The quantitative estimate of drug-likeness (QED) is 0.827. The summed E-state index contributed by atoms with van der Waals surface area (Å²) in [5.41, 5.74) is 6.98. The molecule has 1 unspecified atom stereocenters. The summed E-state index contributed by atoms with van der Waals surface area (Å²) in [5, 5.41) is 3.31. The fraction of sp³-hybridized carbons (Fsp3) is 0.333. The molecule has 3 nitrogen and oxygen atoms in total. The van der Waals surface area contributed by atoms with E-state index in [1.165, 1.54) is 0 Å². The summed E-state index contributed by atoms with van der Waals surface area (Å²) in [6.07, 6.45) is 0.667. The number of carbonyl (C=O) groups is 1. The second kappa shape index (κ2) is 5.98. The number of carbonyl (C=O) groups excluding carboxylic acids is 1. The van der Waals surface area contributed by atoms with Crippen LogP contribution in [0.2, 0.25) is 5.02 Å². The lowest BCUT2D eigenvalue weighted by Gasteiger charge is -2.15. The Kier molecular flexibility index (Phi) is 4.90. The highest BCUT2D eigenvalue weighted by molar-refractivity contribution is 7.80. The molecule has 0 aliphatic rings. The third-order valence-corrected chi connectivity index (χ3v) is 2.86. The second-order valence-electron chi connectivity index (χ2n) is 3.85. The molecule has 1 atom stereocenters. The zero-order chi connectivity index (χ0) is 13.0. The van der Waals surface area contributed by atoms with Crippen molar-refractivity contribution in [3.05, 3.63) is 34.3 Å². The van der Waals surface area contributed by atoms with Crippen LogP contribution >= 0.6 is 23.8 Å². The van der Waals surface area contributed by atoms with E-state index in [9.17, 15) is 4.79 Å². The topological polar surface area (TPSA) is 55.1 Å². The van der Waals surface area contributed by atoms with E-state index >= 15 is 0 Å². The molecule has 0 fully saturated rings. The fourth-order valence-electron chi connectivity index (χ4n) is 1.48. The number of nitrogens with one attached hydrogen (secondary N) is 1. The van der Waals surface area contributed by atoms with Gasteiger partial charge in [-0.1, -0.05) is 30.7 Å². The van der Waals surface area contributed by atoms with Crippen LogP contribution in [-0.2, 0) is 0 Å². The summed E-state index contributed by atoms with van der Waals surface area (Å²) in [5.74, 6) is -0.213. The maximum atomic E-state index is 11.9. The SMILES string of the molecule is CCC(NC(=O)c1cc(C)cc(Cl)c1)C(N)=S. The number of rotatable bonds is 4. The Hall–Kier alpha value is -1.13. The molecular weight excluding hydrogens is 256 g/mol. The molecule has 1 rings (SSSR count). The van der Waals surface area contributed by atoms with Crippen LogP contribution in [-0.4, -0.2) is 16.9 Å². The molecular formula is C12H15ClN2OS. The minimum atomic E-state index is -0.281. The number of hydrogen-bond donors (Lipinski definition) is 2. The van der Waals surface area contributed by atoms with Crippen molar-refractivity contribution in [2.75, 3.05) is 0 Å². The first-order valence-electron chi connectivity index (χ1n) is 5.31. The van der Waals surface area contributed by atoms with Crippen molar-refractivity contribution in [3.63, 3.8) is 0 Å². The van der Waals surface area contributed by atoms with Crippen molar-refractivity contribution in [1.29, 1.82) is 0 Å². The van der Waals surface area contributed by atoms with E-state index in [0.29, 0.717) is 22.0 Å². The Morgan fingerprint density at radius 2 is 2.18 bits per heavy atom. The van der Waals surface area contributed by atoms with E-state index in [1.54, 1.807) is 18.2 Å². The molecule has 1 aromatic carbocycles. The van der Waals surface area contributed by atoms with Crippen molar-refractivity contribution in [2.24, 2.45) is 5.73 Å². The van der Waals surface area contributed by atoms with Gasteiger partial charge in [0.2, 0.25) is 0 Å². The summed E-state index contributed by atoms with van der Waals surface area (Å²) < 4.78 is 0. The highest BCUT2D eigenvalue weighted by Gasteiger charge is 2.14. The van der Waals surface area contributed by atoms with E-state index in [1.807, 2.05) is 13.8 Å². The smallest absolute Gasteiger partial charge is 0.251 e. The summed E-state index contributed by atoms with van der Waals surface area (Å²) in [4.78, 5) is 12.2. The van der Waals surface area contributed by atoms with Crippen LogP contribution < -0.4 is 11.1 Å². The van der Waals surface area contributed by atoms with Crippen molar-refractivity contribution in [1.82, 2.24) is 5.32 Å². The molecule has 0 saturated carbocycles. The Balaban J connectivity index is 2.86. The highest BCUT2D eigenvalue weighted by atomic mass is 35.5. The Labute approximate surface area is 111 Å². The van der Waals surface area contributed by atoms with E-state index < -0.39 is 0 Å². The lowest BCUT2D eigenvalue weighted by Crippen LogP contribution is -2.43. The summed E-state index contributed by atoms with van der Waals surface area (Å²) in [6.45, 7) is 3.79. The number of aryl methyl sites for hydroxylation is 1. The monoisotopic (exact) mass is 270 g/mol. The van der Waals surface area contributed by atoms with E-state index in [0.717, 1.165) is 5.56 Å². The molecule has 1 amide bonds. The number of nitrogens with two attached hydrogens (primary N) is 1. The average molecular weight is 271 g/mol. The van der Waals surface area contributed by atoms with Crippen LogP contribution in [0, 0.1) is 6.92 Å². The van der Waals surface area contributed by atoms with Gasteiger partial charge in [-0.2, -0.15) is 0 Å². The van der Waals surface area contributed by atoms with Gasteiger partial charge in [-0.15, -0.1) is 0 Å². The van der Waals surface area contributed by atoms with Gasteiger partial charge in [0.05, 0.1) is 11.0 Å². The van der Waals surface area contributed by atoms with Gasteiger partial charge in [-0.3, -0.25) is 4.79 Å². The van der Waals surface area contributed by atoms with Crippen molar-refractivity contribution >= 4 is 34.7 Å². The number of hydrogen-bond acceptors (Lipinski definition) is 2. The first kappa shape index (κ1) is 13.9. The van der Waals surface area contributed by atoms with Crippen LogP contribution in [0.15, 0.2) is 18.2 Å². The lowest BCUT2D eigenvalue weighted by atomic mass is 10.1. The second-order valence-corrected chi connectivity index (χ2v) is 4.76. The van der Waals surface area contributed by atoms with Gasteiger partial charge >= 0.3 is 0 Å². The highest BCUT2D eigenvalue weighted by Crippen LogP contribution is 2.14. The molecule has 92 valence electrons. The fourth-order valence-corrected chi connectivity index (χ4v) is 2.00. The largest absolute Gasteiger partial charge is 0.392 e. The molecule has 5 heteroatoms. The van der Waals surface area contributed by atoms with Gasteiger partial charge in [0.1, 0.15) is 0 Å². The Morgan fingerprint density at radius 3 is 2.65 bits per heavy atom. The average Bonchev–Trinajstić information content (AvgIpc) is 2.23. The zero-order valence-corrected chi connectivity index (χ0v) is 11.4. The van der Waals surface area contributed by atoms with E-state index in [4.69, 9.17) is 29.6 Å². The number of amides is 1. The van der Waals surface area contributed by atoms with Gasteiger partial charge < -0.3 is 11.1 Å². The maximum absolute atomic E-state index is 11.9. The van der Waals surface area contributed by atoms with Crippen LogP contribution in [0.5, 0.6) is 0 Å². The number of thiocarbonyl (C=S) groups is 1. The standard InChI is InChI=1S/C12H15ClN2OS/c1-3-10(11(14)17)15-12(16)8-4-7(2)5-9(13)6-8/h4-6,10H,3H2,1-2H3,(H2,14,17)(H,15,16). The Morgan fingerprint density at radius 1 is 1.53 bits per heavy atom. The lowest BCUT2D eigenvalue weighted by molar-refractivity contribution is 0.0946.